The molecule has 0 saturated heterocycles. The summed E-state index contributed by atoms with van der Waals surface area (Å²) in [7, 11) is 0. The Hall–Kier alpha value is -2.60. The summed E-state index contributed by atoms with van der Waals surface area (Å²) in [5.74, 6) is -0.0870. The highest BCUT2D eigenvalue weighted by Gasteiger charge is 2.22. The molecule has 6 heteroatoms. The summed E-state index contributed by atoms with van der Waals surface area (Å²) in [5, 5.41) is 3.84. The van der Waals surface area contributed by atoms with Crippen LogP contribution < -0.4 is 10.9 Å². The van der Waals surface area contributed by atoms with Crippen LogP contribution in [0.5, 0.6) is 0 Å². The molecular weight excluding hydrogens is 394 g/mol. The largest absolute Gasteiger partial charge is 0.325 e. The van der Waals surface area contributed by atoms with Crippen LogP contribution in [0.2, 0.25) is 0 Å². The Bertz CT molecular complexity index is 1150. The average molecular weight is 422 g/mol. The molecule has 3 aromatic rings. The van der Waals surface area contributed by atoms with Gasteiger partial charge in [0.2, 0.25) is 5.91 Å². The van der Waals surface area contributed by atoms with Gasteiger partial charge in [-0.2, -0.15) is 0 Å². The topological polar surface area (TPSA) is 64.0 Å². The third kappa shape index (κ3) is 4.01. The molecule has 0 fully saturated rings. The average Bonchev–Trinajstić information content (AvgIpc) is 3.21. The van der Waals surface area contributed by atoms with Gasteiger partial charge in [0.25, 0.3) is 5.56 Å². The number of carbonyl (C=O) groups is 1. The number of fused-ring (bicyclic) bond motifs is 2. The SMILES string of the molecule is CC[C@@H](C)n1c(S[C@@H](C)C(=O)Nc2ccc3c(c2)CCC3)nc2ccccc2c1=O. The van der Waals surface area contributed by atoms with E-state index in [1.165, 1.54) is 29.3 Å². The maximum atomic E-state index is 13.1. The van der Waals surface area contributed by atoms with E-state index in [0.29, 0.717) is 16.1 Å². The third-order valence-corrected chi connectivity index (χ3v) is 6.89. The molecule has 156 valence electrons. The number of thioether (sulfide) groups is 1. The maximum absolute atomic E-state index is 13.1. The van der Waals surface area contributed by atoms with Crippen LogP contribution in [0.3, 0.4) is 0 Å². The van der Waals surface area contributed by atoms with Gasteiger partial charge in [0, 0.05) is 11.7 Å². The van der Waals surface area contributed by atoms with E-state index in [1.54, 1.807) is 4.57 Å². The molecule has 4 rings (SSSR count). The molecule has 1 aliphatic carbocycles. The minimum absolute atomic E-state index is 0.00378. The van der Waals surface area contributed by atoms with Gasteiger partial charge in [-0.05, 0) is 74.9 Å². The van der Waals surface area contributed by atoms with E-state index in [0.717, 1.165) is 24.9 Å². The molecule has 0 spiro atoms. The lowest BCUT2D eigenvalue weighted by atomic mass is 10.1. The summed E-state index contributed by atoms with van der Waals surface area (Å²) >= 11 is 1.34. The number of carbonyl (C=O) groups excluding carboxylic acids is 1. The fraction of sp³-hybridized carbons (Fsp3) is 0.375. The zero-order valence-corrected chi connectivity index (χ0v) is 18.5. The summed E-state index contributed by atoms with van der Waals surface area (Å²) in [6.45, 7) is 5.91. The standard InChI is InChI=1S/C24H27N3O2S/c1-4-15(2)27-23(29)20-10-5-6-11-21(20)26-24(27)30-16(3)22(28)25-19-13-12-17-8-7-9-18(17)14-19/h5-6,10-16H,4,7-9H2,1-3H3,(H,25,28)/t15-,16+/m1/s1. The van der Waals surface area contributed by atoms with Gasteiger partial charge in [-0.25, -0.2) is 4.98 Å². The van der Waals surface area contributed by atoms with Gasteiger partial charge >= 0.3 is 0 Å². The van der Waals surface area contributed by atoms with Crippen molar-refractivity contribution in [3.8, 4) is 0 Å². The molecule has 1 N–H and O–H groups in total. The predicted molar refractivity (Wildman–Crippen MR) is 123 cm³/mol. The first-order valence-electron chi connectivity index (χ1n) is 10.6. The lowest BCUT2D eigenvalue weighted by Gasteiger charge is -2.20. The number of anilines is 1. The van der Waals surface area contributed by atoms with Crippen molar-refractivity contribution in [2.45, 2.75) is 62.9 Å². The molecule has 1 aliphatic rings. The molecular formula is C24H27N3O2S. The van der Waals surface area contributed by atoms with E-state index in [1.807, 2.05) is 51.1 Å². The minimum atomic E-state index is -0.387. The number of rotatable bonds is 6. The van der Waals surface area contributed by atoms with E-state index in [-0.39, 0.29) is 22.8 Å². The highest BCUT2D eigenvalue weighted by molar-refractivity contribution is 8.00. The van der Waals surface area contributed by atoms with Crippen LogP contribution in [0.15, 0.2) is 52.4 Å². The van der Waals surface area contributed by atoms with Crippen molar-refractivity contribution in [3.63, 3.8) is 0 Å². The normalized spacial score (nSPS) is 15.0. The van der Waals surface area contributed by atoms with E-state index < -0.39 is 0 Å². The number of aromatic nitrogens is 2. The molecule has 1 amide bonds. The lowest BCUT2D eigenvalue weighted by Crippen LogP contribution is -2.28. The Morgan fingerprint density at radius 2 is 1.93 bits per heavy atom. The first-order chi connectivity index (χ1) is 14.5. The number of nitrogens with one attached hydrogen (secondary N) is 1. The van der Waals surface area contributed by atoms with E-state index >= 15 is 0 Å². The van der Waals surface area contributed by atoms with Crippen LogP contribution in [0.1, 0.15) is 50.8 Å². The molecule has 0 radical (unpaired) electrons. The quantitative estimate of drug-likeness (QED) is 0.451. The van der Waals surface area contributed by atoms with E-state index in [2.05, 4.69) is 17.4 Å². The first kappa shape index (κ1) is 20.7. The molecule has 5 nitrogen and oxygen atoms in total. The number of nitrogens with zero attached hydrogens (tertiary/aromatic N) is 2. The smallest absolute Gasteiger partial charge is 0.262 e. The molecule has 30 heavy (non-hydrogen) atoms. The van der Waals surface area contributed by atoms with Crippen LogP contribution in [-0.2, 0) is 17.6 Å². The van der Waals surface area contributed by atoms with Crippen molar-refractivity contribution in [2.24, 2.45) is 0 Å². The minimum Gasteiger partial charge on any atom is -0.325 e. The van der Waals surface area contributed by atoms with Crippen LogP contribution in [0.4, 0.5) is 5.69 Å². The van der Waals surface area contributed by atoms with Crippen molar-refractivity contribution < 1.29 is 4.79 Å². The van der Waals surface area contributed by atoms with Crippen molar-refractivity contribution in [3.05, 3.63) is 63.9 Å². The molecule has 0 saturated carbocycles. The van der Waals surface area contributed by atoms with Crippen LogP contribution in [-0.4, -0.2) is 20.7 Å². The summed E-state index contributed by atoms with van der Waals surface area (Å²) in [6.07, 6.45) is 4.19. The van der Waals surface area contributed by atoms with E-state index in [4.69, 9.17) is 4.98 Å². The van der Waals surface area contributed by atoms with Gasteiger partial charge in [0.15, 0.2) is 5.16 Å². The van der Waals surface area contributed by atoms with Crippen LogP contribution in [0.25, 0.3) is 10.9 Å². The second-order valence-electron chi connectivity index (χ2n) is 7.93. The van der Waals surface area contributed by atoms with Crippen LogP contribution in [0, 0.1) is 0 Å². The number of benzene rings is 2. The fourth-order valence-electron chi connectivity index (χ4n) is 3.89. The van der Waals surface area contributed by atoms with Gasteiger partial charge in [-0.15, -0.1) is 0 Å². The first-order valence-corrected chi connectivity index (χ1v) is 11.5. The zero-order chi connectivity index (χ0) is 21.3. The van der Waals surface area contributed by atoms with Crippen molar-refractivity contribution in [1.29, 1.82) is 0 Å². The Kier molecular flexibility index (Phi) is 5.95. The second kappa shape index (κ2) is 8.64. The van der Waals surface area contributed by atoms with E-state index in [9.17, 15) is 9.59 Å². The Morgan fingerprint density at radius 3 is 2.73 bits per heavy atom. The molecule has 0 bridgehead atoms. The van der Waals surface area contributed by atoms with Crippen molar-refractivity contribution in [2.75, 3.05) is 5.32 Å². The maximum Gasteiger partial charge on any atom is 0.262 e. The van der Waals surface area contributed by atoms with Crippen molar-refractivity contribution in [1.82, 2.24) is 9.55 Å². The highest BCUT2D eigenvalue weighted by atomic mass is 32.2. The third-order valence-electron chi connectivity index (χ3n) is 5.82. The number of para-hydroxylation sites is 1. The number of hydrogen-bond donors (Lipinski definition) is 1. The molecule has 2 atom stereocenters. The molecule has 1 heterocycles. The molecule has 0 unspecified atom stereocenters. The monoisotopic (exact) mass is 421 g/mol. The Morgan fingerprint density at radius 1 is 1.17 bits per heavy atom. The zero-order valence-electron chi connectivity index (χ0n) is 17.6. The second-order valence-corrected chi connectivity index (χ2v) is 9.24. The predicted octanol–water partition coefficient (Wildman–Crippen LogP) is 4.98. The summed E-state index contributed by atoms with van der Waals surface area (Å²) in [6, 6.07) is 13.6. The number of hydrogen-bond acceptors (Lipinski definition) is 4. The van der Waals surface area contributed by atoms with Gasteiger partial charge in [0.1, 0.15) is 0 Å². The summed E-state index contributed by atoms with van der Waals surface area (Å²) in [5.41, 5.74) is 4.15. The summed E-state index contributed by atoms with van der Waals surface area (Å²) < 4.78 is 1.73. The van der Waals surface area contributed by atoms with Crippen LogP contribution >= 0.6 is 11.8 Å². The summed E-state index contributed by atoms with van der Waals surface area (Å²) in [4.78, 5) is 30.7. The van der Waals surface area contributed by atoms with Gasteiger partial charge in [0.05, 0.1) is 16.2 Å². The van der Waals surface area contributed by atoms with Gasteiger partial charge < -0.3 is 5.32 Å². The Balaban J connectivity index is 1.59. The Labute approximate surface area is 180 Å². The fourth-order valence-corrected chi connectivity index (χ4v) is 4.89. The molecule has 0 aliphatic heterocycles. The number of amides is 1. The number of aryl methyl sites for hydroxylation is 2. The van der Waals surface area contributed by atoms with Crippen molar-refractivity contribution >= 4 is 34.3 Å². The van der Waals surface area contributed by atoms with Gasteiger partial charge in [-0.1, -0.05) is 36.9 Å². The molecule has 2 aromatic carbocycles. The highest BCUT2D eigenvalue weighted by Crippen LogP contribution is 2.28. The van der Waals surface area contributed by atoms with Gasteiger partial charge in [-0.3, -0.25) is 14.2 Å². The molecule has 1 aromatic heterocycles. The lowest BCUT2D eigenvalue weighted by molar-refractivity contribution is -0.115.